The number of ether oxygens (including phenoxy) is 2. The molecular formula is C14H20N2O4S. The van der Waals surface area contributed by atoms with Crippen molar-refractivity contribution in [3.63, 3.8) is 0 Å². The summed E-state index contributed by atoms with van der Waals surface area (Å²) < 4.78 is 38.2. The van der Waals surface area contributed by atoms with Crippen molar-refractivity contribution in [2.75, 3.05) is 38.3 Å². The van der Waals surface area contributed by atoms with E-state index >= 15 is 0 Å². The van der Waals surface area contributed by atoms with Crippen molar-refractivity contribution in [1.82, 2.24) is 4.72 Å². The van der Waals surface area contributed by atoms with E-state index in [4.69, 9.17) is 9.47 Å². The molecule has 21 heavy (non-hydrogen) atoms. The van der Waals surface area contributed by atoms with Crippen LogP contribution in [0.3, 0.4) is 0 Å². The smallest absolute Gasteiger partial charge is 0.242 e. The molecule has 0 aromatic heterocycles. The molecule has 2 aliphatic rings. The van der Waals surface area contributed by atoms with Gasteiger partial charge in [0, 0.05) is 13.0 Å². The minimum absolute atomic E-state index is 0.294. The molecule has 6 nitrogen and oxygen atoms in total. The van der Waals surface area contributed by atoms with Gasteiger partial charge in [-0.05, 0) is 25.6 Å². The largest absolute Gasteiger partial charge is 0.365 e. The van der Waals surface area contributed by atoms with Crippen molar-refractivity contribution in [2.24, 2.45) is 0 Å². The van der Waals surface area contributed by atoms with Crippen LogP contribution in [0.4, 0.5) is 5.69 Å². The Morgan fingerprint density at radius 1 is 1.24 bits per heavy atom. The topological polar surface area (TPSA) is 67.9 Å². The molecular weight excluding hydrogens is 292 g/mol. The highest BCUT2D eigenvalue weighted by Gasteiger charge is 2.41. The van der Waals surface area contributed by atoms with Crippen LogP contribution in [0.2, 0.25) is 0 Å². The number of anilines is 1. The summed E-state index contributed by atoms with van der Waals surface area (Å²) in [4.78, 5) is 2.33. The minimum Gasteiger partial charge on any atom is -0.365 e. The van der Waals surface area contributed by atoms with Gasteiger partial charge in [-0.2, -0.15) is 0 Å². The van der Waals surface area contributed by atoms with E-state index < -0.39 is 15.8 Å². The quantitative estimate of drug-likeness (QED) is 0.899. The number of benzene rings is 1. The molecule has 0 saturated carbocycles. The fraction of sp³-hybridized carbons (Fsp3) is 0.571. The van der Waals surface area contributed by atoms with Crippen LogP contribution < -0.4 is 9.62 Å². The molecule has 0 unspecified atom stereocenters. The monoisotopic (exact) mass is 312 g/mol. The predicted molar refractivity (Wildman–Crippen MR) is 78.8 cm³/mol. The third kappa shape index (κ3) is 2.78. The molecule has 1 aromatic carbocycles. The Labute approximate surface area is 125 Å². The van der Waals surface area contributed by atoms with Crippen molar-refractivity contribution in [2.45, 2.75) is 23.5 Å². The Hall–Kier alpha value is -1.15. The van der Waals surface area contributed by atoms with Gasteiger partial charge in [-0.25, -0.2) is 13.1 Å². The van der Waals surface area contributed by atoms with Gasteiger partial charge in [0.2, 0.25) is 10.0 Å². The van der Waals surface area contributed by atoms with Crippen LogP contribution in [0.15, 0.2) is 29.2 Å². The first-order valence-electron chi connectivity index (χ1n) is 7.12. The maximum atomic E-state index is 12.2. The zero-order valence-corrected chi connectivity index (χ0v) is 12.9. The van der Waals surface area contributed by atoms with Crippen molar-refractivity contribution in [1.29, 1.82) is 0 Å². The molecule has 2 heterocycles. The van der Waals surface area contributed by atoms with Crippen molar-refractivity contribution in [3.05, 3.63) is 24.3 Å². The maximum absolute atomic E-state index is 12.2. The molecule has 1 spiro atoms. The minimum atomic E-state index is -3.49. The van der Waals surface area contributed by atoms with E-state index in [1.165, 1.54) is 7.05 Å². The molecule has 7 heteroatoms. The highest BCUT2D eigenvalue weighted by molar-refractivity contribution is 7.89. The maximum Gasteiger partial charge on any atom is 0.242 e. The van der Waals surface area contributed by atoms with Gasteiger partial charge in [-0.15, -0.1) is 0 Å². The van der Waals surface area contributed by atoms with E-state index in [0.717, 1.165) is 19.4 Å². The van der Waals surface area contributed by atoms with Crippen LogP contribution in [0.1, 0.15) is 12.8 Å². The van der Waals surface area contributed by atoms with Gasteiger partial charge in [-0.3, -0.25) is 0 Å². The van der Waals surface area contributed by atoms with Crippen molar-refractivity contribution in [3.8, 4) is 0 Å². The number of rotatable bonds is 3. The fourth-order valence-corrected chi connectivity index (χ4v) is 3.93. The summed E-state index contributed by atoms with van der Waals surface area (Å²) >= 11 is 0. The molecule has 0 bridgehead atoms. The van der Waals surface area contributed by atoms with Crippen LogP contribution in [0, 0.1) is 0 Å². The normalized spacial score (nSPS) is 21.9. The Morgan fingerprint density at radius 2 is 1.95 bits per heavy atom. The number of hydrogen-bond acceptors (Lipinski definition) is 5. The average molecular weight is 312 g/mol. The van der Waals surface area contributed by atoms with Gasteiger partial charge in [0.25, 0.3) is 0 Å². The van der Waals surface area contributed by atoms with E-state index in [9.17, 15) is 8.42 Å². The zero-order valence-electron chi connectivity index (χ0n) is 12.0. The standard InChI is InChI=1S/C14H20N2O4S/c1-15-21(17,18)13-6-3-2-5-12(13)16-8-4-7-14(11-16)19-9-10-20-14/h2-3,5-6,15H,4,7-11H2,1H3. The van der Waals surface area contributed by atoms with E-state index in [0.29, 0.717) is 30.3 Å². The Morgan fingerprint density at radius 3 is 2.67 bits per heavy atom. The number of piperidine rings is 1. The molecule has 0 radical (unpaired) electrons. The molecule has 0 amide bonds. The average Bonchev–Trinajstić information content (AvgIpc) is 2.95. The lowest BCUT2D eigenvalue weighted by Crippen LogP contribution is -2.49. The second kappa shape index (κ2) is 5.57. The summed E-state index contributed by atoms with van der Waals surface area (Å²) in [7, 11) is -2.06. The summed E-state index contributed by atoms with van der Waals surface area (Å²) in [6, 6.07) is 7.04. The van der Waals surface area contributed by atoms with Gasteiger partial charge < -0.3 is 14.4 Å². The van der Waals surface area contributed by atoms with Crippen LogP contribution in [0.5, 0.6) is 0 Å². The third-order valence-corrected chi connectivity index (χ3v) is 5.46. The first kappa shape index (κ1) is 14.8. The third-order valence-electron chi connectivity index (χ3n) is 4.00. The van der Waals surface area contributed by atoms with Gasteiger partial charge in [0.15, 0.2) is 5.79 Å². The molecule has 1 N–H and O–H groups in total. The summed E-state index contributed by atoms with van der Waals surface area (Å²) in [6.07, 6.45) is 1.76. The molecule has 0 aliphatic carbocycles. The van der Waals surface area contributed by atoms with Crippen LogP contribution in [-0.2, 0) is 19.5 Å². The lowest BCUT2D eigenvalue weighted by molar-refractivity contribution is -0.161. The summed E-state index contributed by atoms with van der Waals surface area (Å²) in [5, 5.41) is 0. The van der Waals surface area contributed by atoms with Gasteiger partial charge >= 0.3 is 0 Å². The van der Waals surface area contributed by atoms with Crippen molar-refractivity contribution < 1.29 is 17.9 Å². The molecule has 2 fully saturated rings. The molecule has 116 valence electrons. The van der Waals surface area contributed by atoms with E-state index in [1.54, 1.807) is 12.1 Å². The zero-order chi connectivity index (χ0) is 14.9. The van der Waals surface area contributed by atoms with E-state index in [-0.39, 0.29) is 0 Å². The Bertz CT molecular complexity index is 611. The molecule has 0 atom stereocenters. The van der Waals surface area contributed by atoms with Crippen LogP contribution >= 0.6 is 0 Å². The van der Waals surface area contributed by atoms with Gasteiger partial charge in [0.1, 0.15) is 4.90 Å². The van der Waals surface area contributed by atoms with Crippen LogP contribution in [-0.4, -0.2) is 47.6 Å². The van der Waals surface area contributed by atoms with Crippen LogP contribution in [0.25, 0.3) is 0 Å². The van der Waals surface area contributed by atoms with E-state index in [2.05, 4.69) is 4.72 Å². The van der Waals surface area contributed by atoms with E-state index in [1.807, 2.05) is 17.0 Å². The number of nitrogens with one attached hydrogen (secondary N) is 1. The second-order valence-electron chi connectivity index (χ2n) is 5.31. The highest BCUT2D eigenvalue weighted by atomic mass is 32.2. The number of sulfonamides is 1. The fourth-order valence-electron chi connectivity index (χ4n) is 2.98. The molecule has 3 rings (SSSR count). The molecule has 1 aromatic rings. The highest BCUT2D eigenvalue weighted by Crippen LogP contribution is 2.34. The summed E-state index contributed by atoms with van der Waals surface area (Å²) in [5.74, 6) is -0.575. The lowest BCUT2D eigenvalue weighted by atomic mass is 10.0. The Kier molecular flexibility index (Phi) is 3.92. The van der Waals surface area contributed by atoms with Gasteiger partial charge in [0.05, 0.1) is 25.4 Å². The second-order valence-corrected chi connectivity index (χ2v) is 7.16. The molecule has 2 aliphatic heterocycles. The molecule has 2 saturated heterocycles. The summed E-state index contributed by atoms with van der Waals surface area (Å²) in [6.45, 7) is 2.56. The first-order chi connectivity index (χ1) is 10.1. The number of hydrogen-bond donors (Lipinski definition) is 1. The number of para-hydroxylation sites is 1. The first-order valence-corrected chi connectivity index (χ1v) is 8.60. The van der Waals surface area contributed by atoms with Gasteiger partial charge in [-0.1, -0.05) is 12.1 Å². The Balaban J connectivity index is 1.93. The van der Waals surface area contributed by atoms with Crippen molar-refractivity contribution >= 4 is 15.7 Å². The SMILES string of the molecule is CNS(=O)(=O)c1ccccc1N1CCCC2(C1)OCCO2. The number of nitrogens with zero attached hydrogens (tertiary/aromatic N) is 1. The summed E-state index contributed by atoms with van der Waals surface area (Å²) in [5.41, 5.74) is 0.699. The predicted octanol–water partition coefficient (Wildman–Crippen LogP) is 0.938. The lowest BCUT2D eigenvalue weighted by Gasteiger charge is -2.40.